The van der Waals surface area contributed by atoms with E-state index in [0.29, 0.717) is 5.69 Å². The first-order valence-corrected chi connectivity index (χ1v) is 6.31. The van der Waals surface area contributed by atoms with Gasteiger partial charge < -0.3 is 16.3 Å². The number of aromatic nitrogens is 1. The van der Waals surface area contributed by atoms with E-state index in [1.807, 2.05) is 12.1 Å². The highest BCUT2D eigenvalue weighted by Gasteiger charge is 2.27. The summed E-state index contributed by atoms with van der Waals surface area (Å²) in [5.41, 5.74) is 7.38. The van der Waals surface area contributed by atoms with Crippen molar-refractivity contribution in [3.8, 4) is 0 Å². The third-order valence-electron chi connectivity index (χ3n) is 3.62. The summed E-state index contributed by atoms with van der Waals surface area (Å²) in [4.78, 5) is 4.06. The Balaban J connectivity index is 2.01. The lowest BCUT2D eigenvalue weighted by molar-refractivity contribution is 0.318. The molecule has 0 saturated heterocycles. The third kappa shape index (κ3) is 2.98. The van der Waals surface area contributed by atoms with Crippen LogP contribution < -0.4 is 11.1 Å². The Morgan fingerprint density at radius 1 is 1.56 bits per heavy atom. The van der Waals surface area contributed by atoms with Crippen LogP contribution in [0.25, 0.3) is 0 Å². The predicted octanol–water partition coefficient (Wildman–Crippen LogP) is 1.60. The minimum absolute atomic E-state index is 0.0453. The molecule has 4 N–H and O–H groups in total. The maximum absolute atomic E-state index is 8.63. The van der Waals surface area contributed by atoms with Gasteiger partial charge in [0.2, 0.25) is 0 Å². The van der Waals surface area contributed by atoms with Crippen LogP contribution in [0.1, 0.15) is 43.9 Å². The summed E-state index contributed by atoms with van der Waals surface area (Å²) in [7, 11) is 0. The maximum atomic E-state index is 8.63. The first-order valence-electron chi connectivity index (χ1n) is 6.31. The van der Waals surface area contributed by atoms with Gasteiger partial charge >= 0.3 is 0 Å². The topological polar surface area (TPSA) is 83.5 Å². The lowest BCUT2D eigenvalue weighted by Crippen LogP contribution is -2.38. The minimum atomic E-state index is 0.0453. The van der Waals surface area contributed by atoms with E-state index in [9.17, 15) is 0 Å². The van der Waals surface area contributed by atoms with Crippen molar-refractivity contribution < 1.29 is 5.21 Å². The first-order chi connectivity index (χ1) is 8.63. The Kier molecular flexibility index (Phi) is 3.81. The van der Waals surface area contributed by atoms with Gasteiger partial charge in [-0.2, -0.15) is 0 Å². The SMILES string of the molecule is CC1(NCc2ccnc(C(N)=NO)c2)CCCC1. The standard InChI is InChI=1S/C13H20N4O/c1-13(5-2-3-6-13)16-9-10-4-7-15-11(8-10)12(14)17-18/h4,7-8,16,18H,2-3,5-6,9H2,1H3,(H2,14,17). The second-order valence-corrected chi connectivity index (χ2v) is 5.16. The van der Waals surface area contributed by atoms with Crippen LogP contribution in [0.4, 0.5) is 0 Å². The predicted molar refractivity (Wildman–Crippen MR) is 70.5 cm³/mol. The van der Waals surface area contributed by atoms with Crippen LogP contribution in [0.2, 0.25) is 0 Å². The molecule has 0 atom stereocenters. The zero-order valence-electron chi connectivity index (χ0n) is 10.7. The number of amidine groups is 1. The van der Waals surface area contributed by atoms with Gasteiger partial charge in [0.15, 0.2) is 5.84 Å². The first kappa shape index (κ1) is 12.8. The van der Waals surface area contributed by atoms with Crippen LogP contribution in [0.15, 0.2) is 23.5 Å². The van der Waals surface area contributed by atoms with Gasteiger partial charge in [0.1, 0.15) is 5.69 Å². The van der Waals surface area contributed by atoms with E-state index < -0.39 is 0 Å². The van der Waals surface area contributed by atoms with E-state index in [-0.39, 0.29) is 11.4 Å². The van der Waals surface area contributed by atoms with Crippen LogP contribution in [-0.2, 0) is 6.54 Å². The third-order valence-corrected chi connectivity index (χ3v) is 3.62. The molecule has 1 heterocycles. The molecule has 0 aromatic carbocycles. The summed E-state index contributed by atoms with van der Waals surface area (Å²) in [6, 6.07) is 3.79. The van der Waals surface area contributed by atoms with E-state index in [4.69, 9.17) is 10.9 Å². The Hall–Kier alpha value is -1.62. The van der Waals surface area contributed by atoms with Gasteiger partial charge in [0.05, 0.1) is 0 Å². The molecule has 1 aliphatic carbocycles. The highest BCUT2D eigenvalue weighted by atomic mass is 16.4. The molecule has 2 rings (SSSR count). The Morgan fingerprint density at radius 3 is 2.94 bits per heavy atom. The van der Waals surface area contributed by atoms with Crippen molar-refractivity contribution in [2.75, 3.05) is 0 Å². The van der Waals surface area contributed by atoms with Crippen LogP contribution >= 0.6 is 0 Å². The zero-order chi connectivity index (χ0) is 13.0. The summed E-state index contributed by atoms with van der Waals surface area (Å²) >= 11 is 0. The van der Waals surface area contributed by atoms with Crippen LogP contribution in [-0.4, -0.2) is 21.6 Å². The van der Waals surface area contributed by atoms with Gasteiger partial charge in [-0.1, -0.05) is 18.0 Å². The fourth-order valence-electron chi connectivity index (χ4n) is 2.42. The average molecular weight is 248 g/mol. The molecule has 0 amide bonds. The number of hydrogen-bond donors (Lipinski definition) is 3. The molecule has 1 aromatic heterocycles. The number of nitrogens with one attached hydrogen (secondary N) is 1. The fraction of sp³-hybridized carbons (Fsp3) is 0.538. The second-order valence-electron chi connectivity index (χ2n) is 5.16. The molecule has 18 heavy (non-hydrogen) atoms. The molecular weight excluding hydrogens is 228 g/mol. The van der Waals surface area contributed by atoms with Gasteiger partial charge in [-0.25, -0.2) is 0 Å². The number of oxime groups is 1. The van der Waals surface area contributed by atoms with E-state index in [2.05, 4.69) is 22.4 Å². The van der Waals surface area contributed by atoms with Gasteiger partial charge in [0.25, 0.3) is 0 Å². The van der Waals surface area contributed by atoms with Crippen LogP contribution in [0.3, 0.4) is 0 Å². The summed E-state index contributed by atoms with van der Waals surface area (Å²) in [5.74, 6) is 0.0453. The van der Waals surface area contributed by atoms with E-state index in [1.54, 1.807) is 6.20 Å². The smallest absolute Gasteiger partial charge is 0.188 e. The molecule has 1 aromatic rings. The molecule has 1 aliphatic rings. The van der Waals surface area contributed by atoms with Gasteiger partial charge in [-0.3, -0.25) is 4.98 Å². The van der Waals surface area contributed by atoms with Gasteiger partial charge in [-0.15, -0.1) is 0 Å². The number of hydrogen-bond acceptors (Lipinski definition) is 4. The highest BCUT2D eigenvalue weighted by molar-refractivity contribution is 5.95. The van der Waals surface area contributed by atoms with Crippen LogP contribution in [0, 0.1) is 0 Å². The quantitative estimate of drug-likeness (QED) is 0.327. The maximum Gasteiger partial charge on any atom is 0.188 e. The molecule has 1 fully saturated rings. The summed E-state index contributed by atoms with van der Waals surface area (Å²) in [5, 5.41) is 15.2. The highest BCUT2D eigenvalue weighted by Crippen LogP contribution is 2.29. The van der Waals surface area contributed by atoms with Crippen LogP contribution in [0.5, 0.6) is 0 Å². The van der Waals surface area contributed by atoms with Crippen molar-refractivity contribution in [3.63, 3.8) is 0 Å². The largest absolute Gasteiger partial charge is 0.409 e. The molecule has 98 valence electrons. The number of rotatable bonds is 4. The van der Waals surface area contributed by atoms with Crippen molar-refractivity contribution in [2.45, 2.75) is 44.7 Å². The molecule has 5 heteroatoms. The monoisotopic (exact) mass is 248 g/mol. The van der Waals surface area contributed by atoms with Crippen molar-refractivity contribution in [2.24, 2.45) is 10.9 Å². The molecule has 5 nitrogen and oxygen atoms in total. The Morgan fingerprint density at radius 2 is 2.28 bits per heavy atom. The Labute approximate surface area is 107 Å². The van der Waals surface area contributed by atoms with E-state index in [1.165, 1.54) is 25.7 Å². The van der Waals surface area contributed by atoms with Crippen molar-refractivity contribution in [3.05, 3.63) is 29.6 Å². The number of pyridine rings is 1. The second kappa shape index (κ2) is 5.35. The van der Waals surface area contributed by atoms with Crippen molar-refractivity contribution in [1.29, 1.82) is 0 Å². The van der Waals surface area contributed by atoms with Crippen molar-refractivity contribution >= 4 is 5.84 Å². The van der Waals surface area contributed by atoms with Gasteiger partial charge in [0, 0.05) is 18.3 Å². The van der Waals surface area contributed by atoms with Gasteiger partial charge in [-0.05, 0) is 37.5 Å². The fourth-order valence-corrected chi connectivity index (χ4v) is 2.42. The molecule has 0 radical (unpaired) electrons. The zero-order valence-corrected chi connectivity index (χ0v) is 10.7. The number of nitrogens with zero attached hydrogens (tertiary/aromatic N) is 2. The normalized spacial score (nSPS) is 19.1. The molecule has 0 spiro atoms. The summed E-state index contributed by atoms with van der Waals surface area (Å²) in [6.45, 7) is 3.05. The average Bonchev–Trinajstić information content (AvgIpc) is 2.83. The molecule has 0 unspecified atom stereocenters. The van der Waals surface area contributed by atoms with E-state index >= 15 is 0 Å². The molecular formula is C13H20N4O. The molecule has 1 saturated carbocycles. The lowest BCUT2D eigenvalue weighted by Gasteiger charge is -2.25. The minimum Gasteiger partial charge on any atom is -0.409 e. The number of nitrogens with two attached hydrogens (primary N) is 1. The lowest BCUT2D eigenvalue weighted by atomic mass is 10.0. The van der Waals surface area contributed by atoms with Crippen molar-refractivity contribution in [1.82, 2.24) is 10.3 Å². The summed E-state index contributed by atoms with van der Waals surface area (Å²) < 4.78 is 0. The molecule has 0 bridgehead atoms. The van der Waals surface area contributed by atoms with E-state index in [0.717, 1.165) is 12.1 Å². The summed E-state index contributed by atoms with van der Waals surface area (Å²) in [6.07, 6.45) is 6.74. The Bertz CT molecular complexity index is 438. The molecule has 0 aliphatic heterocycles.